The fourth-order valence-corrected chi connectivity index (χ4v) is 3.03. The van der Waals surface area contributed by atoms with Gasteiger partial charge >= 0.3 is 0 Å². The highest BCUT2D eigenvalue weighted by Gasteiger charge is 2.07. The lowest BCUT2D eigenvalue weighted by Gasteiger charge is -1.97. The summed E-state index contributed by atoms with van der Waals surface area (Å²) in [4.78, 5) is 9.02. The van der Waals surface area contributed by atoms with Gasteiger partial charge in [0.15, 0.2) is 5.58 Å². The van der Waals surface area contributed by atoms with Gasteiger partial charge in [-0.1, -0.05) is 52.3 Å². The van der Waals surface area contributed by atoms with Crippen LogP contribution in [-0.2, 0) is 0 Å². The van der Waals surface area contributed by atoms with E-state index in [1.165, 1.54) is 0 Å². The van der Waals surface area contributed by atoms with Gasteiger partial charge in [0.2, 0.25) is 5.89 Å². The molecule has 0 fully saturated rings. The molecule has 0 saturated carbocycles. The maximum absolute atomic E-state index is 5.82. The quantitative estimate of drug-likeness (QED) is 0.357. The van der Waals surface area contributed by atoms with Crippen molar-refractivity contribution in [2.24, 2.45) is 4.99 Å². The van der Waals surface area contributed by atoms with Crippen LogP contribution >= 0.6 is 15.9 Å². The molecule has 0 N–H and O–H groups in total. The van der Waals surface area contributed by atoms with Gasteiger partial charge < -0.3 is 4.42 Å². The number of hydrogen-bond donors (Lipinski definition) is 0. The minimum absolute atomic E-state index is 0.605. The Kier molecular flexibility index (Phi) is 4.75. The van der Waals surface area contributed by atoms with Gasteiger partial charge in [-0.3, -0.25) is 4.99 Å². The number of nitrogens with zero attached hydrogens (tertiary/aromatic N) is 2. The van der Waals surface area contributed by atoms with Crippen LogP contribution in [0.2, 0.25) is 0 Å². The van der Waals surface area contributed by atoms with E-state index in [1.54, 1.807) is 6.21 Å². The first-order valence-electron chi connectivity index (χ1n) is 8.20. The summed E-state index contributed by atoms with van der Waals surface area (Å²) in [6, 6.07) is 23.7. The van der Waals surface area contributed by atoms with Crippen molar-refractivity contribution in [3.05, 3.63) is 88.9 Å². The Labute approximate surface area is 159 Å². The number of aliphatic imine (C=N–C) groups is 1. The number of allylic oxidation sites excluding steroid dienone is 1. The maximum Gasteiger partial charge on any atom is 0.227 e. The largest absolute Gasteiger partial charge is 0.436 e. The van der Waals surface area contributed by atoms with E-state index in [-0.39, 0.29) is 0 Å². The van der Waals surface area contributed by atoms with Crippen molar-refractivity contribution in [1.29, 1.82) is 0 Å². The molecule has 1 aromatic heterocycles. The molecule has 4 heteroatoms. The third-order valence-electron chi connectivity index (χ3n) is 3.83. The molecular formula is C22H15BrN2O. The van der Waals surface area contributed by atoms with Gasteiger partial charge in [0.1, 0.15) is 5.52 Å². The Morgan fingerprint density at radius 2 is 1.81 bits per heavy atom. The highest BCUT2D eigenvalue weighted by atomic mass is 79.9. The molecule has 26 heavy (non-hydrogen) atoms. The van der Waals surface area contributed by atoms with Gasteiger partial charge in [-0.25, -0.2) is 4.98 Å². The van der Waals surface area contributed by atoms with E-state index >= 15 is 0 Å². The second-order valence-corrected chi connectivity index (χ2v) is 6.65. The minimum Gasteiger partial charge on any atom is -0.436 e. The number of oxazole rings is 1. The first-order chi connectivity index (χ1) is 12.8. The molecule has 1 heterocycles. The van der Waals surface area contributed by atoms with Gasteiger partial charge in [0.25, 0.3) is 0 Å². The first kappa shape index (κ1) is 16.5. The summed E-state index contributed by atoms with van der Waals surface area (Å²) in [6.45, 7) is 0. The van der Waals surface area contributed by atoms with Crippen LogP contribution in [0.15, 0.2) is 92.8 Å². The van der Waals surface area contributed by atoms with Gasteiger partial charge in [-0.05, 0) is 54.1 Å². The molecule has 4 rings (SSSR count). The predicted molar refractivity (Wildman–Crippen MR) is 111 cm³/mol. The van der Waals surface area contributed by atoms with Crippen molar-refractivity contribution in [3.8, 4) is 11.5 Å². The number of para-hydroxylation sites is 2. The normalized spacial score (nSPS) is 11.7. The van der Waals surface area contributed by atoms with E-state index < -0.39 is 0 Å². The zero-order valence-corrected chi connectivity index (χ0v) is 15.4. The molecule has 3 nitrogen and oxygen atoms in total. The van der Waals surface area contributed by atoms with Crippen LogP contribution in [0.3, 0.4) is 0 Å². The molecule has 4 aromatic rings. The molecule has 0 bridgehead atoms. The summed E-state index contributed by atoms with van der Waals surface area (Å²) >= 11 is 3.47. The lowest BCUT2D eigenvalue weighted by Crippen LogP contribution is -1.77. The van der Waals surface area contributed by atoms with Crippen LogP contribution in [0.25, 0.3) is 28.6 Å². The van der Waals surface area contributed by atoms with Gasteiger partial charge in [-0.15, -0.1) is 0 Å². The van der Waals surface area contributed by atoms with Crippen LogP contribution in [0, 0.1) is 0 Å². The average molecular weight is 403 g/mol. The molecule has 3 aromatic carbocycles. The topological polar surface area (TPSA) is 38.4 Å². The summed E-state index contributed by atoms with van der Waals surface area (Å²) in [5.74, 6) is 0.605. The SMILES string of the molecule is Brc1cccc(/C=C/C=Nc2cccc(-c3nc4ccccc4o3)c2)c1. The van der Waals surface area contributed by atoms with Crippen molar-refractivity contribution in [2.45, 2.75) is 0 Å². The molecule has 0 atom stereocenters. The first-order valence-corrected chi connectivity index (χ1v) is 8.99. The zero-order chi connectivity index (χ0) is 17.8. The lowest BCUT2D eigenvalue weighted by atomic mass is 10.2. The fraction of sp³-hybridized carbons (Fsp3) is 0. The number of benzene rings is 3. The van der Waals surface area contributed by atoms with E-state index in [1.807, 2.05) is 78.9 Å². The molecule has 0 aliphatic carbocycles. The van der Waals surface area contributed by atoms with Gasteiger partial charge in [0.05, 0.1) is 5.69 Å². The molecule has 0 unspecified atom stereocenters. The summed E-state index contributed by atoms with van der Waals surface area (Å²) in [5.41, 5.74) is 4.52. The van der Waals surface area contributed by atoms with Crippen LogP contribution in [0.1, 0.15) is 5.56 Å². The number of hydrogen-bond acceptors (Lipinski definition) is 3. The molecule has 0 aliphatic heterocycles. The van der Waals surface area contributed by atoms with Crippen LogP contribution in [-0.4, -0.2) is 11.2 Å². The third-order valence-corrected chi connectivity index (χ3v) is 4.33. The van der Waals surface area contributed by atoms with Crippen molar-refractivity contribution in [2.75, 3.05) is 0 Å². The highest BCUT2D eigenvalue weighted by molar-refractivity contribution is 9.10. The van der Waals surface area contributed by atoms with E-state index in [4.69, 9.17) is 4.42 Å². The van der Waals surface area contributed by atoms with E-state index in [0.717, 1.165) is 32.4 Å². The molecular weight excluding hydrogens is 388 g/mol. The zero-order valence-electron chi connectivity index (χ0n) is 13.8. The molecule has 0 saturated heterocycles. The van der Waals surface area contributed by atoms with E-state index in [9.17, 15) is 0 Å². The van der Waals surface area contributed by atoms with Crippen LogP contribution in [0.5, 0.6) is 0 Å². The fourth-order valence-electron chi connectivity index (χ4n) is 2.61. The predicted octanol–water partition coefficient (Wildman–Crippen LogP) is 6.67. The van der Waals surface area contributed by atoms with Gasteiger partial charge in [0, 0.05) is 16.3 Å². The van der Waals surface area contributed by atoms with Gasteiger partial charge in [-0.2, -0.15) is 0 Å². The van der Waals surface area contributed by atoms with Crippen molar-refractivity contribution >= 4 is 45.0 Å². The Hall–Kier alpha value is -2.98. The standard InChI is InChI=1S/C22H15BrN2O/c23-18-9-3-6-16(14-18)7-5-13-24-19-10-4-8-17(15-19)22-25-20-11-1-2-12-21(20)26-22/h1-15H/b7-5+,24-13?. The molecule has 126 valence electrons. The molecule has 0 spiro atoms. The number of aromatic nitrogens is 1. The molecule has 0 aliphatic rings. The van der Waals surface area contributed by atoms with E-state index in [2.05, 4.69) is 32.0 Å². The maximum atomic E-state index is 5.82. The Bertz CT molecular complexity index is 1080. The highest BCUT2D eigenvalue weighted by Crippen LogP contribution is 2.26. The summed E-state index contributed by atoms with van der Waals surface area (Å²) in [6.07, 6.45) is 5.72. The summed E-state index contributed by atoms with van der Waals surface area (Å²) in [7, 11) is 0. The van der Waals surface area contributed by atoms with Crippen molar-refractivity contribution in [3.63, 3.8) is 0 Å². The van der Waals surface area contributed by atoms with Crippen molar-refractivity contribution < 1.29 is 4.42 Å². The van der Waals surface area contributed by atoms with E-state index in [0.29, 0.717) is 5.89 Å². The average Bonchev–Trinajstić information content (AvgIpc) is 3.10. The number of rotatable bonds is 4. The molecule has 0 radical (unpaired) electrons. The minimum atomic E-state index is 0.605. The number of halogens is 1. The summed E-state index contributed by atoms with van der Waals surface area (Å²) < 4.78 is 6.88. The lowest BCUT2D eigenvalue weighted by molar-refractivity contribution is 0.620. The monoisotopic (exact) mass is 402 g/mol. The molecule has 0 amide bonds. The van der Waals surface area contributed by atoms with Crippen LogP contribution in [0.4, 0.5) is 5.69 Å². The Morgan fingerprint density at radius 1 is 0.923 bits per heavy atom. The smallest absolute Gasteiger partial charge is 0.227 e. The Morgan fingerprint density at radius 3 is 2.69 bits per heavy atom. The van der Waals surface area contributed by atoms with Crippen LogP contribution < -0.4 is 0 Å². The second-order valence-electron chi connectivity index (χ2n) is 5.73. The number of fused-ring (bicyclic) bond motifs is 1. The third kappa shape index (κ3) is 3.81. The Balaban J connectivity index is 1.54. The summed E-state index contributed by atoms with van der Waals surface area (Å²) in [5, 5.41) is 0. The second kappa shape index (κ2) is 7.50. The van der Waals surface area contributed by atoms with Crippen molar-refractivity contribution in [1.82, 2.24) is 4.98 Å².